The highest BCUT2D eigenvalue weighted by atomic mass is 79.9. The van der Waals surface area contributed by atoms with Crippen LogP contribution in [0.2, 0.25) is 0 Å². The van der Waals surface area contributed by atoms with Gasteiger partial charge in [0.05, 0.1) is 6.04 Å². The summed E-state index contributed by atoms with van der Waals surface area (Å²) in [5.74, 6) is 0. The van der Waals surface area contributed by atoms with Crippen LogP contribution in [0.5, 0.6) is 0 Å². The third-order valence-corrected chi connectivity index (χ3v) is 3.88. The minimum absolute atomic E-state index is 0.207. The zero-order valence-electron chi connectivity index (χ0n) is 9.45. The third-order valence-electron chi connectivity index (χ3n) is 2.70. The zero-order valence-corrected chi connectivity index (χ0v) is 12.6. The van der Waals surface area contributed by atoms with E-state index in [0.717, 1.165) is 8.95 Å². The van der Waals surface area contributed by atoms with E-state index in [1.807, 2.05) is 13.1 Å². The SMILES string of the molecule is CNC(c1ccccc1)c1ccc(Br)cc1Br. The summed E-state index contributed by atoms with van der Waals surface area (Å²) in [4.78, 5) is 0. The molecule has 0 aliphatic rings. The molecule has 0 spiro atoms. The molecule has 17 heavy (non-hydrogen) atoms. The Kier molecular flexibility index (Phi) is 4.37. The van der Waals surface area contributed by atoms with E-state index in [9.17, 15) is 0 Å². The van der Waals surface area contributed by atoms with Crippen LogP contribution in [0.25, 0.3) is 0 Å². The van der Waals surface area contributed by atoms with Crippen molar-refractivity contribution < 1.29 is 0 Å². The number of hydrogen-bond donors (Lipinski definition) is 1. The second-order valence-electron chi connectivity index (χ2n) is 3.80. The molecular formula is C14H13Br2N. The van der Waals surface area contributed by atoms with E-state index in [4.69, 9.17) is 0 Å². The molecule has 0 aliphatic heterocycles. The lowest BCUT2D eigenvalue weighted by Crippen LogP contribution is -2.17. The maximum absolute atomic E-state index is 3.62. The highest BCUT2D eigenvalue weighted by Crippen LogP contribution is 2.30. The standard InChI is InChI=1S/C14H13Br2N/c1-17-14(10-5-3-2-4-6-10)12-8-7-11(15)9-13(12)16/h2-9,14,17H,1H3. The summed E-state index contributed by atoms with van der Waals surface area (Å²) in [5.41, 5.74) is 2.50. The molecular weight excluding hydrogens is 342 g/mol. The highest BCUT2D eigenvalue weighted by molar-refractivity contribution is 9.11. The second-order valence-corrected chi connectivity index (χ2v) is 5.57. The molecule has 1 unspecified atom stereocenters. The van der Waals surface area contributed by atoms with Crippen LogP contribution in [0.3, 0.4) is 0 Å². The molecule has 0 radical (unpaired) electrons. The molecule has 0 saturated carbocycles. The van der Waals surface area contributed by atoms with Crippen molar-refractivity contribution in [3.05, 3.63) is 68.6 Å². The molecule has 0 aromatic heterocycles. The predicted molar refractivity (Wildman–Crippen MR) is 79.2 cm³/mol. The monoisotopic (exact) mass is 353 g/mol. The molecule has 0 aliphatic carbocycles. The largest absolute Gasteiger partial charge is 0.309 e. The number of halogens is 2. The summed E-state index contributed by atoms with van der Waals surface area (Å²) in [6, 6.07) is 16.9. The van der Waals surface area contributed by atoms with Crippen molar-refractivity contribution in [2.24, 2.45) is 0 Å². The first-order valence-corrected chi connectivity index (χ1v) is 6.98. The van der Waals surface area contributed by atoms with E-state index in [0.29, 0.717) is 0 Å². The van der Waals surface area contributed by atoms with Crippen LogP contribution in [-0.4, -0.2) is 7.05 Å². The Bertz CT molecular complexity index is 497. The molecule has 2 rings (SSSR count). The van der Waals surface area contributed by atoms with Crippen LogP contribution in [0, 0.1) is 0 Å². The molecule has 1 atom stereocenters. The zero-order chi connectivity index (χ0) is 12.3. The maximum atomic E-state index is 3.62. The summed E-state index contributed by atoms with van der Waals surface area (Å²) in [7, 11) is 1.98. The van der Waals surface area contributed by atoms with Gasteiger partial charge in [-0.3, -0.25) is 0 Å². The Balaban J connectivity index is 2.42. The van der Waals surface area contributed by atoms with Gasteiger partial charge in [0.15, 0.2) is 0 Å². The fraction of sp³-hybridized carbons (Fsp3) is 0.143. The molecule has 1 nitrogen and oxygen atoms in total. The van der Waals surface area contributed by atoms with Gasteiger partial charge < -0.3 is 5.32 Å². The first-order valence-electron chi connectivity index (χ1n) is 5.39. The van der Waals surface area contributed by atoms with Gasteiger partial charge in [-0.15, -0.1) is 0 Å². The van der Waals surface area contributed by atoms with Gasteiger partial charge in [-0.05, 0) is 30.3 Å². The van der Waals surface area contributed by atoms with Gasteiger partial charge in [-0.25, -0.2) is 0 Å². The minimum Gasteiger partial charge on any atom is -0.309 e. The van der Waals surface area contributed by atoms with E-state index >= 15 is 0 Å². The van der Waals surface area contributed by atoms with Crippen molar-refractivity contribution >= 4 is 31.9 Å². The van der Waals surface area contributed by atoms with Gasteiger partial charge in [0.1, 0.15) is 0 Å². The first-order chi connectivity index (χ1) is 8.22. The predicted octanol–water partition coefficient (Wildman–Crippen LogP) is 4.52. The average Bonchev–Trinajstić information content (AvgIpc) is 2.34. The molecule has 1 N–H and O–H groups in total. The molecule has 2 aromatic rings. The van der Waals surface area contributed by atoms with Crippen LogP contribution in [0.15, 0.2) is 57.5 Å². The van der Waals surface area contributed by atoms with Crippen LogP contribution >= 0.6 is 31.9 Å². The highest BCUT2D eigenvalue weighted by Gasteiger charge is 2.14. The van der Waals surface area contributed by atoms with Gasteiger partial charge >= 0.3 is 0 Å². The van der Waals surface area contributed by atoms with Crippen LogP contribution < -0.4 is 5.32 Å². The van der Waals surface area contributed by atoms with Crippen molar-refractivity contribution in [3.63, 3.8) is 0 Å². The summed E-state index contributed by atoms with van der Waals surface area (Å²) < 4.78 is 2.19. The fourth-order valence-corrected chi connectivity index (χ4v) is 3.16. The molecule has 0 heterocycles. The van der Waals surface area contributed by atoms with Gasteiger partial charge in [-0.1, -0.05) is 68.3 Å². The molecule has 88 valence electrons. The Morgan fingerprint density at radius 3 is 2.29 bits per heavy atom. The molecule has 3 heteroatoms. The van der Waals surface area contributed by atoms with Crippen LogP contribution in [0.1, 0.15) is 17.2 Å². The lowest BCUT2D eigenvalue weighted by Gasteiger charge is -2.18. The summed E-state index contributed by atoms with van der Waals surface area (Å²) >= 11 is 7.09. The molecule has 0 saturated heterocycles. The van der Waals surface area contributed by atoms with Crippen LogP contribution in [0.4, 0.5) is 0 Å². The van der Waals surface area contributed by atoms with Crippen molar-refractivity contribution in [3.8, 4) is 0 Å². The normalized spacial score (nSPS) is 12.4. The van der Waals surface area contributed by atoms with Gasteiger partial charge in [0, 0.05) is 8.95 Å². The molecule has 0 fully saturated rings. The van der Waals surface area contributed by atoms with E-state index < -0.39 is 0 Å². The number of nitrogens with one attached hydrogen (secondary N) is 1. The molecule has 0 bridgehead atoms. The van der Waals surface area contributed by atoms with Gasteiger partial charge in [-0.2, -0.15) is 0 Å². The Hall–Kier alpha value is -0.640. The van der Waals surface area contributed by atoms with E-state index in [-0.39, 0.29) is 6.04 Å². The number of rotatable bonds is 3. The summed E-state index contributed by atoms with van der Waals surface area (Å²) in [6.07, 6.45) is 0. The van der Waals surface area contributed by atoms with E-state index in [2.05, 4.69) is 79.6 Å². The lowest BCUT2D eigenvalue weighted by atomic mass is 9.99. The van der Waals surface area contributed by atoms with Gasteiger partial charge in [0.2, 0.25) is 0 Å². The molecule has 0 amide bonds. The van der Waals surface area contributed by atoms with Crippen molar-refractivity contribution in [1.82, 2.24) is 5.32 Å². The topological polar surface area (TPSA) is 12.0 Å². The Morgan fingerprint density at radius 2 is 1.71 bits per heavy atom. The number of benzene rings is 2. The second kappa shape index (κ2) is 5.80. The van der Waals surface area contributed by atoms with Gasteiger partial charge in [0.25, 0.3) is 0 Å². The average molecular weight is 355 g/mol. The first kappa shape index (κ1) is 12.8. The Labute approximate surface area is 119 Å². The molecule has 2 aromatic carbocycles. The minimum atomic E-state index is 0.207. The number of hydrogen-bond acceptors (Lipinski definition) is 1. The fourth-order valence-electron chi connectivity index (χ4n) is 1.88. The van der Waals surface area contributed by atoms with Crippen LogP contribution in [-0.2, 0) is 0 Å². The maximum Gasteiger partial charge on any atom is 0.0585 e. The smallest absolute Gasteiger partial charge is 0.0585 e. The Morgan fingerprint density at radius 1 is 1.00 bits per heavy atom. The van der Waals surface area contributed by atoms with Crippen molar-refractivity contribution in [2.75, 3.05) is 7.05 Å². The van der Waals surface area contributed by atoms with E-state index in [1.165, 1.54) is 11.1 Å². The summed E-state index contributed by atoms with van der Waals surface area (Å²) in [6.45, 7) is 0. The quantitative estimate of drug-likeness (QED) is 0.854. The van der Waals surface area contributed by atoms with Crippen molar-refractivity contribution in [1.29, 1.82) is 0 Å². The third kappa shape index (κ3) is 2.97. The van der Waals surface area contributed by atoms with Crippen molar-refractivity contribution in [2.45, 2.75) is 6.04 Å². The summed E-state index contributed by atoms with van der Waals surface area (Å²) in [5, 5.41) is 3.35. The van der Waals surface area contributed by atoms with E-state index in [1.54, 1.807) is 0 Å². The lowest BCUT2D eigenvalue weighted by molar-refractivity contribution is 0.689.